The first kappa shape index (κ1) is 13.1. The van der Waals surface area contributed by atoms with E-state index in [9.17, 15) is 14.4 Å². The number of aryl methyl sites for hydroxylation is 1. The molecule has 3 rings (SSSR count). The van der Waals surface area contributed by atoms with Crippen molar-refractivity contribution in [2.24, 2.45) is 0 Å². The van der Waals surface area contributed by atoms with Crippen molar-refractivity contribution in [1.82, 2.24) is 15.5 Å². The van der Waals surface area contributed by atoms with Gasteiger partial charge in [0.1, 0.15) is 5.54 Å². The zero-order valence-corrected chi connectivity index (χ0v) is 11.9. The van der Waals surface area contributed by atoms with Crippen molar-refractivity contribution in [2.45, 2.75) is 25.3 Å². The number of urea groups is 1. The highest BCUT2D eigenvalue weighted by Crippen LogP contribution is 2.27. The Morgan fingerprint density at radius 2 is 2.25 bits per heavy atom. The van der Waals surface area contributed by atoms with E-state index < -0.39 is 11.6 Å². The van der Waals surface area contributed by atoms with Gasteiger partial charge in [-0.3, -0.25) is 14.9 Å². The monoisotopic (exact) mass is 293 g/mol. The molecular formula is C13H15N3O3S. The molecule has 6 nitrogen and oxygen atoms in total. The maximum Gasteiger partial charge on any atom is 0.322 e. The van der Waals surface area contributed by atoms with Gasteiger partial charge in [0, 0.05) is 6.54 Å². The molecule has 2 saturated heterocycles. The molecule has 106 valence electrons. The van der Waals surface area contributed by atoms with Gasteiger partial charge in [0.2, 0.25) is 0 Å². The van der Waals surface area contributed by atoms with Crippen LogP contribution in [-0.2, 0) is 4.79 Å². The summed E-state index contributed by atoms with van der Waals surface area (Å²) in [5.41, 5.74) is -0.00424. The molecule has 3 heterocycles. The smallest absolute Gasteiger partial charge is 0.322 e. The van der Waals surface area contributed by atoms with E-state index in [0.29, 0.717) is 24.3 Å². The van der Waals surface area contributed by atoms with Crippen LogP contribution < -0.4 is 10.6 Å². The van der Waals surface area contributed by atoms with Gasteiger partial charge in [0.05, 0.1) is 11.4 Å². The number of imide groups is 1. The second-order valence-corrected chi connectivity index (χ2v) is 6.17. The van der Waals surface area contributed by atoms with Gasteiger partial charge in [-0.1, -0.05) is 0 Å². The summed E-state index contributed by atoms with van der Waals surface area (Å²) in [7, 11) is 0. The molecule has 7 heteroatoms. The predicted octanol–water partition coefficient (Wildman–Crippen LogP) is 0.871. The van der Waals surface area contributed by atoms with Crippen LogP contribution in [0.4, 0.5) is 4.79 Å². The summed E-state index contributed by atoms with van der Waals surface area (Å²) >= 11 is 1.40. The van der Waals surface area contributed by atoms with E-state index >= 15 is 0 Å². The lowest BCUT2D eigenvalue weighted by atomic mass is 9.89. The van der Waals surface area contributed by atoms with E-state index in [-0.39, 0.29) is 18.4 Å². The zero-order chi connectivity index (χ0) is 14.3. The Morgan fingerprint density at radius 3 is 2.85 bits per heavy atom. The molecule has 4 amide bonds. The molecule has 2 aliphatic rings. The van der Waals surface area contributed by atoms with E-state index in [1.165, 1.54) is 11.3 Å². The number of carbonyl (C=O) groups is 3. The van der Waals surface area contributed by atoms with Crippen LogP contribution in [-0.4, -0.2) is 41.4 Å². The number of hydrogen-bond acceptors (Lipinski definition) is 4. The molecule has 2 aliphatic heterocycles. The average molecular weight is 293 g/mol. The van der Waals surface area contributed by atoms with E-state index in [0.717, 1.165) is 5.56 Å². The zero-order valence-electron chi connectivity index (χ0n) is 11.1. The van der Waals surface area contributed by atoms with Crippen LogP contribution in [0.5, 0.6) is 0 Å². The highest BCUT2D eigenvalue weighted by Gasteiger charge is 2.49. The van der Waals surface area contributed by atoms with Crippen LogP contribution in [0.2, 0.25) is 0 Å². The quantitative estimate of drug-likeness (QED) is 0.754. The van der Waals surface area contributed by atoms with Crippen molar-refractivity contribution in [1.29, 1.82) is 0 Å². The molecule has 0 aromatic carbocycles. The van der Waals surface area contributed by atoms with Crippen molar-refractivity contribution in [3.8, 4) is 0 Å². The number of nitrogens with one attached hydrogen (secondary N) is 2. The Kier molecular flexibility index (Phi) is 3.01. The lowest BCUT2D eigenvalue weighted by molar-refractivity contribution is -0.125. The first-order valence-electron chi connectivity index (χ1n) is 6.49. The van der Waals surface area contributed by atoms with Crippen LogP contribution >= 0.6 is 11.3 Å². The maximum absolute atomic E-state index is 12.5. The molecule has 0 aliphatic carbocycles. The van der Waals surface area contributed by atoms with Crippen molar-refractivity contribution < 1.29 is 14.4 Å². The normalized spacial score (nSPS) is 25.8. The van der Waals surface area contributed by atoms with Crippen molar-refractivity contribution in [3.63, 3.8) is 0 Å². The van der Waals surface area contributed by atoms with Crippen LogP contribution in [0.15, 0.2) is 11.4 Å². The number of piperidine rings is 1. The maximum atomic E-state index is 12.5. The number of thiophene rings is 1. The highest BCUT2D eigenvalue weighted by atomic mass is 32.1. The summed E-state index contributed by atoms with van der Waals surface area (Å²) in [5.74, 6) is -0.395. The third-order valence-corrected chi connectivity index (χ3v) is 4.85. The standard InChI is InChI=1S/C13H15N3O3S/c1-8-3-6-20-9(8)10(17)16-5-2-4-13(7-16)11(18)14-12(19)15-13/h3,6H,2,4-5,7H2,1H3,(H2,14,15,18,19). The summed E-state index contributed by atoms with van der Waals surface area (Å²) in [5, 5.41) is 6.81. The fourth-order valence-electron chi connectivity index (χ4n) is 2.78. The van der Waals surface area contributed by atoms with Crippen LogP contribution in [0.3, 0.4) is 0 Å². The minimum atomic E-state index is -0.948. The summed E-state index contributed by atoms with van der Waals surface area (Å²) in [6, 6.07) is 1.43. The first-order valence-corrected chi connectivity index (χ1v) is 7.37. The van der Waals surface area contributed by atoms with E-state index in [4.69, 9.17) is 0 Å². The van der Waals surface area contributed by atoms with Crippen molar-refractivity contribution in [3.05, 3.63) is 21.9 Å². The van der Waals surface area contributed by atoms with Gasteiger partial charge in [-0.15, -0.1) is 11.3 Å². The second kappa shape index (κ2) is 4.59. The molecule has 0 saturated carbocycles. The molecule has 1 aromatic heterocycles. The molecule has 2 fully saturated rings. The van der Waals surface area contributed by atoms with Gasteiger partial charge in [-0.2, -0.15) is 0 Å². The molecule has 1 aromatic rings. The fraction of sp³-hybridized carbons (Fsp3) is 0.462. The summed E-state index contributed by atoms with van der Waals surface area (Å²) in [6.45, 7) is 2.75. The van der Waals surface area contributed by atoms with Crippen molar-refractivity contribution in [2.75, 3.05) is 13.1 Å². The number of rotatable bonds is 1. The Balaban J connectivity index is 1.82. The second-order valence-electron chi connectivity index (χ2n) is 5.25. The predicted molar refractivity (Wildman–Crippen MR) is 73.6 cm³/mol. The Labute approximate surface area is 120 Å². The van der Waals surface area contributed by atoms with E-state index in [2.05, 4.69) is 10.6 Å². The SMILES string of the molecule is Cc1ccsc1C(=O)N1CCCC2(C1)NC(=O)NC2=O. The minimum Gasteiger partial charge on any atom is -0.335 e. The number of hydrogen-bond donors (Lipinski definition) is 2. The Hall–Kier alpha value is -1.89. The topological polar surface area (TPSA) is 78.5 Å². The molecule has 0 radical (unpaired) electrons. The number of nitrogens with zero attached hydrogens (tertiary/aromatic N) is 1. The molecule has 20 heavy (non-hydrogen) atoms. The van der Waals surface area contributed by atoms with Crippen LogP contribution in [0.25, 0.3) is 0 Å². The molecule has 0 bridgehead atoms. The average Bonchev–Trinajstić information content (AvgIpc) is 2.94. The summed E-state index contributed by atoms with van der Waals surface area (Å²) < 4.78 is 0. The molecule has 1 unspecified atom stereocenters. The molecule has 1 atom stereocenters. The summed E-state index contributed by atoms with van der Waals surface area (Å²) in [6.07, 6.45) is 1.27. The fourth-order valence-corrected chi connectivity index (χ4v) is 3.67. The lowest BCUT2D eigenvalue weighted by Gasteiger charge is -2.37. The lowest BCUT2D eigenvalue weighted by Crippen LogP contribution is -2.59. The first-order chi connectivity index (χ1) is 9.52. The highest BCUT2D eigenvalue weighted by molar-refractivity contribution is 7.12. The third-order valence-electron chi connectivity index (χ3n) is 3.85. The minimum absolute atomic E-state index is 0.0643. The number of amides is 4. The van der Waals surface area contributed by atoms with E-state index in [1.807, 2.05) is 18.4 Å². The Bertz CT molecular complexity index is 597. The molecule has 1 spiro atoms. The van der Waals surface area contributed by atoms with Crippen molar-refractivity contribution >= 4 is 29.2 Å². The molecule has 2 N–H and O–H groups in total. The van der Waals surface area contributed by atoms with Gasteiger partial charge in [-0.05, 0) is 36.8 Å². The van der Waals surface area contributed by atoms with Crippen LogP contribution in [0.1, 0.15) is 28.1 Å². The van der Waals surface area contributed by atoms with E-state index in [1.54, 1.807) is 4.90 Å². The summed E-state index contributed by atoms with van der Waals surface area (Å²) in [4.78, 5) is 38.2. The number of carbonyl (C=O) groups excluding carboxylic acids is 3. The van der Waals surface area contributed by atoms with Gasteiger partial charge in [0.15, 0.2) is 0 Å². The van der Waals surface area contributed by atoms with Gasteiger partial charge >= 0.3 is 6.03 Å². The van der Waals surface area contributed by atoms with Gasteiger partial charge in [0.25, 0.3) is 11.8 Å². The van der Waals surface area contributed by atoms with Crippen LogP contribution in [0, 0.1) is 6.92 Å². The number of likely N-dealkylation sites (tertiary alicyclic amines) is 1. The van der Waals surface area contributed by atoms with Gasteiger partial charge in [-0.25, -0.2) is 4.79 Å². The Morgan fingerprint density at radius 1 is 1.45 bits per heavy atom. The molecular weight excluding hydrogens is 278 g/mol. The van der Waals surface area contributed by atoms with Gasteiger partial charge < -0.3 is 10.2 Å². The third kappa shape index (κ3) is 1.98. The largest absolute Gasteiger partial charge is 0.335 e.